The van der Waals surface area contributed by atoms with Gasteiger partial charge in [-0.05, 0) is 67.5 Å². The summed E-state index contributed by atoms with van der Waals surface area (Å²) in [5.74, 6) is 0.193. The maximum absolute atomic E-state index is 12.9. The van der Waals surface area contributed by atoms with Crippen molar-refractivity contribution in [3.63, 3.8) is 0 Å². The quantitative estimate of drug-likeness (QED) is 0.585. The van der Waals surface area contributed by atoms with Crippen LogP contribution in [0.25, 0.3) is 0 Å². The van der Waals surface area contributed by atoms with Gasteiger partial charge in [0.1, 0.15) is 10.6 Å². The van der Waals surface area contributed by atoms with Crippen molar-refractivity contribution < 1.29 is 22.2 Å². The van der Waals surface area contributed by atoms with E-state index in [4.69, 9.17) is 4.18 Å². The normalized spacial score (nSPS) is 28.6. The molecule has 0 radical (unpaired) electrons. The van der Waals surface area contributed by atoms with E-state index in [-0.39, 0.29) is 34.3 Å². The van der Waals surface area contributed by atoms with Crippen LogP contribution in [-0.2, 0) is 19.7 Å². The molecule has 2 aromatic rings. The zero-order valence-corrected chi connectivity index (χ0v) is 15.8. The van der Waals surface area contributed by atoms with Gasteiger partial charge in [0.15, 0.2) is 0 Å². The van der Waals surface area contributed by atoms with Gasteiger partial charge < -0.3 is 4.18 Å². The maximum Gasteiger partial charge on any atom is 0.339 e. The summed E-state index contributed by atoms with van der Waals surface area (Å²) in [6.45, 7) is 0. The SMILES string of the molecule is O=C1[C@@H]2[C@H]3CC[C@H](C3)[C@@H]2C(=O)N1c1ccc(OS(=O)(=O)c2ccccc2)cc1. The van der Waals surface area contributed by atoms with Gasteiger partial charge in [-0.3, -0.25) is 14.5 Å². The molecule has 0 aromatic heterocycles. The predicted molar refractivity (Wildman–Crippen MR) is 101 cm³/mol. The summed E-state index contributed by atoms with van der Waals surface area (Å²) < 4.78 is 29.8. The molecule has 1 saturated heterocycles. The molecule has 2 aliphatic carbocycles. The van der Waals surface area contributed by atoms with E-state index in [9.17, 15) is 18.0 Å². The lowest BCUT2D eigenvalue weighted by Crippen LogP contribution is -2.32. The molecule has 0 unspecified atom stereocenters. The van der Waals surface area contributed by atoms with E-state index < -0.39 is 10.1 Å². The minimum absolute atomic E-state index is 0.0623. The summed E-state index contributed by atoms with van der Waals surface area (Å²) in [5.41, 5.74) is 0.466. The Kier molecular flexibility index (Phi) is 3.84. The Morgan fingerprint density at radius 2 is 1.39 bits per heavy atom. The molecule has 2 amide bonds. The molecule has 0 spiro atoms. The van der Waals surface area contributed by atoms with Crippen LogP contribution in [0.15, 0.2) is 59.5 Å². The molecular weight excluding hydrogens is 378 g/mol. The molecule has 28 heavy (non-hydrogen) atoms. The second kappa shape index (κ2) is 6.17. The van der Waals surface area contributed by atoms with Gasteiger partial charge in [-0.15, -0.1) is 0 Å². The minimum atomic E-state index is -3.93. The van der Waals surface area contributed by atoms with Crippen LogP contribution in [0, 0.1) is 23.7 Å². The largest absolute Gasteiger partial charge is 0.379 e. The van der Waals surface area contributed by atoms with Crippen molar-refractivity contribution in [3.8, 4) is 5.75 Å². The van der Waals surface area contributed by atoms with E-state index >= 15 is 0 Å². The highest BCUT2D eigenvalue weighted by Gasteiger charge is 2.61. The number of hydrogen-bond donors (Lipinski definition) is 0. The van der Waals surface area contributed by atoms with Crippen molar-refractivity contribution in [1.82, 2.24) is 0 Å². The predicted octanol–water partition coefficient (Wildman–Crippen LogP) is 2.99. The number of anilines is 1. The van der Waals surface area contributed by atoms with E-state index in [1.54, 1.807) is 30.3 Å². The molecule has 1 aliphatic heterocycles. The number of fused-ring (bicyclic) bond motifs is 5. The first-order valence-electron chi connectivity index (χ1n) is 9.43. The van der Waals surface area contributed by atoms with Crippen LogP contribution in [-0.4, -0.2) is 20.2 Å². The smallest absolute Gasteiger partial charge is 0.339 e. The molecule has 7 heteroatoms. The summed E-state index contributed by atoms with van der Waals surface area (Å²) in [7, 11) is -3.93. The van der Waals surface area contributed by atoms with Gasteiger partial charge in [0.05, 0.1) is 17.5 Å². The lowest BCUT2D eigenvalue weighted by molar-refractivity contribution is -0.123. The molecule has 2 bridgehead atoms. The van der Waals surface area contributed by atoms with Crippen molar-refractivity contribution in [1.29, 1.82) is 0 Å². The summed E-state index contributed by atoms with van der Waals surface area (Å²) in [4.78, 5) is 27.1. The monoisotopic (exact) mass is 397 g/mol. The van der Waals surface area contributed by atoms with Crippen LogP contribution in [0.5, 0.6) is 5.75 Å². The third kappa shape index (κ3) is 2.57. The van der Waals surface area contributed by atoms with Crippen molar-refractivity contribution in [3.05, 3.63) is 54.6 Å². The average Bonchev–Trinajstić information content (AvgIpc) is 3.37. The van der Waals surface area contributed by atoms with Gasteiger partial charge in [-0.1, -0.05) is 18.2 Å². The van der Waals surface area contributed by atoms with Crippen LogP contribution < -0.4 is 9.08 Å². The topological polar surface area (TPSA) is 80.8 Å². The number of hydrogen-bond acceptors (Lipinski definition) is 5. The van der Waals surface area contributed by atoms with Gasteiger partial charge in [0, 0.05) is 0 Å². The Labute approximate surface area is 163 Å². The van der Waals surface area contributed by atoms with Crippen LogP contribution in [0.1, 0.15) is 19.3 Å². The molecule has 144 valence electrons. The molecule has 5 rings (SSSR count). The van der Waals surface area contributed by atoms with E-state index in [0.29, 0.717) is 17.5 Å². The fourth-order valence-electron chi connectivity index (χ4n) is 5.08. The number of benzene rings is 2. The fraction of sp³-hybridized carbons (Fsp3) is 0.333. The molecule has 3 fully saturated rings. The summed E-state index contributed by atoms with van der Waals surface area (Å²) >= 11 is 0. The van der Waals surface area contributed by atoms with E-state index in [1.807, 2.05) is 0 Å². The lowest BCUT2D eigenvalue weighted by Gasteiger charge is -2.19. The van der Waals surface area contributed by atoms with Crippen LogP contribution in [0.2, 0.25) is 0 Å². The first-order chi connectivity index (χ1) is 13.5. The third-order valence-electron chi connectivity index (χ3n) is 6.26. The Hall–Kier alpha value is -2.67. The highest BCUT2D eigenvalue weighted by Crippen LogP contribution is 2.56. The van der Waals surface area contributed by atoms with Crippen molar-refractivity contribution in [2.24, 2.45) is 23.7 Å². The second-order valence-corrected chi connectivity index (χ2v) is 9.29. The number of amides is 2. The molecule has 3 aliphatic rings. The van der Waals surface area contributed by atoms with Crippen molar-refractivity contribution in [2.75, 3.05) is 4.90 Å². The highest BCUT2D eigenvalue weighted by atomic mass is 32.2. The first kappa shape index (κ1) is 17.4. The third-order valence-corrected chi connectivity index (χ3v) is 7.52. The van der Waals surface area contributed by atoms with Gasteiger partial charge in [0.2, 0.25) is 11.8 Å². The Balaban J connectivity index is 1.37. The number of carbonyl (C=O) groups excluding carboxylic acids is 2. The molecule has 4 atom stereocenters. The molecular formula is C21H19NO5S. The van der Waals surface area contributed by atoms with Crippen molar-refractivity contribution >= 4 is 27.6 Å². The Bertz CT molecular complexity index is 1020. The van der Waals surface area contributed by atoms with E-state index in [1.165, 1.54) is 29.2 Å². The number of nitrogens with zero attached hydrogens (tertiary/aromatic N) is 1. The van der Waals surface area contributed by atoms with E-state index in [0.717, 1.165) is 19.3 Å². The minimum Gasteiger partial charge on any atom is -0.379 e. The number of rotatable bonds is 4. The molecule has 2 saturated carbocycles. The van der Waals surface area contributed by atoms with Gasteiger partial charge >= 0.3 is 10.1 Å². The first-order valence-corrected chi connectivity index (χ1v) is 10.8. The summed E-state index contributed by atoms with van der Waals surface area (Å²) in [6, 6.07) is 13.9. The molecule has 2 aromatic carbocycles. The van der Waals surface area contributed by atoms with Gasteiger partial charge in [0.25, 0.3) is 0 Å². The van der Waals surface area contributed by atoms with Gasteiger partial charge in [-0.25, -0.2) is 0 Å². The molecule has 0 N–H and O–H groups in total. The highest BCUT2D eigenvalue weighted by molar-refractivity contribution is 7.87. The Morgan fingerprint density at radius 1 is 0.821 bits per heavy atom. The lowest BCUT2D eigenvalue weighted by atomic mass is 9.81. The summed E-state index contributed by atoms with van der Waals surface area (Å²) in [5, 5.41) is 0. The standard InChI is InChI=1S/C21H19NO5S/c23-20-18-13-6-7-14(12-13)19(18)21(24)22(20)15-8-10-16(11-9-15)27-28(25,26)17-4-2-1-3-5-17/h1-5,8-11,13-14,18-19H,6-7,12H2/t13-,14+,18+,19-. The average molecular weight is 397 g/mol. The second-order valence-electron chi connectivity index (χ2n) is 7.74. The summed E-state index contributed by atoms with van der Waals surface area (Å²) in [6.07, 6.45) is 3.05. The zero-order valence-electron chi connectivity index (χ0n) is 15.0. The van der Waals surface area contributed by atoms with Crippen LogP contribution >= 0.6 is 0 Å². The number of carbonyl (C=O) groups is 2. The van der Waals surface area contributed by atoms with E-state index in [2.05, 4.69) is 0 Å². The Morgan fingerprint density at radius 3 is 1.96 bits per heavy atom. The maximum atomic E-state index is 12.9. The van der Waals surface area contributed by atoms with Crippen LogP contribution in [0.4, 0.5) is 5.69 Å². The number of imide groups is 1. The van der Waals surface area contributed by atoms with Crippen molar-refractivity contribution in [2.45, 2.75) is 24.2 Å². The molecule has 6 nitrogen and oxygen atoms in total. The van der Waals surface area contributed by atoms with Gasteiger partial charge in [-0.2, -0.15) is 8.42 Å². The zero-order chi connectivity index (χ0) is 19.5. The fourth-order valence-corrected chi connectivity index (χ4v) is 6.03. The van der Waals surface area contributed by atoms with Crippen LogP contribution in [0.3, 0.4) is 0 Å². The molecule has 1 heterocycles.